The van der Waals surface area contributed by atoms with Crippen molar-refractivity contribution >= 4 is 18.0 Å². The molecule has 0 aliphatic rings. The molecule has 0 aromatic heterocycles. The molecule has 0 unspecified atom stereocenters. The normalized spacial score (nSPS) is 9.79. The Labute approximate surface area is 89.3 Å². The first-order chi connectivity index (χ1) is 6.83. The van der Waals surface area contributed by atoms with E-state index < -0.39 is 0 Å². The number of hydrogen-bond donors (Lipinski definition) is 1. The minimum absolute atomic E-state index is 0.738. The summed E-state index contributed by atoms with van der Waals surface area (Å²) in [5.41, 5.74) is 1.29. The smallest absolute Gasteiger partial charge is 0.207 e. The second kappa shape index (κ2) is 6.44. The van der Waals surface area contributed by atoms with Crippen LogP contribution < -0.4 is 5.32 Å². The van der Waals surface area contributed by atoms with Crippen LogP contribution in [0.3, 0.4) is 0 Å². The van der Waals surface area contributed by atoms with Gasteiger partial charge in [0.15, 0.2) is 0 Å². The van der Waals surface area contributed by atoms with Gasteiger partial charge < -0.3 is 5.32 Å². The summed E-state index contributed by atoms with van der Waals surface area (Å²) in [6.07, 6.45) is 3.88. The highest BCUT2D eigenvalue weighted by Crippen LogP contribution is 2.11. The number of hydrogen-bond acceptors (Lipinski definition) is 1. The van der Waals surface area contributed by atoms with Crippen molar-refractivity contribution in [1.29, 1.82) is 0 Å². The fraction of sp³-hybridized carbons (Fsp3) is 0.364. The lowest BCUT2D eigenvalue weighted by Crippen LogP contribution is -2.11. The number of unbranched alkanes of at least 4 members (excludes halogenated alkanes) is 1. The molecule has 76 valence electrons. The third-order valence-corrected chi connectivity index (χ3v) is 2.29. The zero-order valence-electron chi connectivity index (χ0n) is 8.00. The number of carbonyl (C=O) groups excluding carboxylic acids is 1. The van der Waals surface area contributed by atoms with Crippen molar-refractivity contribution in [3.63, 3.8) is 0 Å². The molecule has 0 aliphatic carbocycles. The molecular weight excluding hydrogens is 198 g/mol. The highest BCUT2D eigenvalue weighted by atomic mass is 35.5. The Bertz CT molecular complexity index is 271. The summed E-state index contributed by atoms with van der Waals surface area (Å²) in [6.45, 7) is 0.761. The number of carbonyl (C=O) groups is 1. The third kappa shape index (κ3) is 4.28. The summed E-state index contributed by atoms with van der Waals surface area (Å²) in [6, 6.07) is 7.88. The molecule has 0 fully saturated rings. The van der Waals surface area contributed by atoms with Crippen LogP contribution >= 0.6 is 11.6 Å². The molecule has 1 amide bonds. The second-order valence-electron chi connectivity index (χ2n) is 3.16. The standard InChI is InChI=1S/C11H14ClNO/c12-11-6-4-10(5-7-11)3-1-2-8-13-9-14/h4-7,9H,1-3,8H2,(H,13,14). The first-order valence-electron chi connectivity index (χ1n) is 4.74. The summed E-state index contributed by atoms with van der Waals surface area (Å²) >= 11 is 5.77. The number of amides is 1. The summed E-state index contributed by atoms with van der Waals surface area (Å²) in [5, 5.41) is 3.42. The van der Waals surface area contributed by atoms with Gasteiger partial charge in [-0.15, -0.1) is 0 Å². The Balaban J connectivity index is 2.18. The molecule has 1 N–H and O–H groups in total. The van der Waals surface area contributed by atoms with Crippen LogP contribution in [0.4, 0.5) is 0 Å². The SMILES string of the molecule is O=CNCCCCc1ccc(Cl)cc1. The largest absolute Gasteiger partial charge is 0.359 e. The topological polar surface area (TPSA) is 29.1 Å². The zero-order chi connectivity index (χ0) is 10.2. The molecule has 3 heteroatoms. The molecule has 0 saturated carbocycles. The Morgan fingerprint density at radius 3 is 2.57 bits per heavy atom. The molecule has 1 aromatic carbocycles. The first kappa shape index (κ1) is 11.1. The maximum absolute atomic E-state index is 9.95. The van der Waals surface area contributed by atoms with E-state index in [9.17, 15) is 4.79 Å². The second-order valence-corrected chi connectivity index (χ2v) is 3.59. The van der Waals surface area contributed by atoms with Gasteiger partial charge in [-0.05, 0) is 37.0 Å². The van der Waals surface area contributed by atoms with Crippen molar-refractivity contribution in [1.82, 2.24) is 5.32 Å². The van der Waals surface area contributed by atoms with E-state index in [0.29, 0.717) is 0 Å². The average Bonchev–Trinajstić information content (AvgIpc) is 2.21. The lowest BCUT2D eigenvalue weighted by Gasteiger charge is -2.01. The highest BCUT2D eigenvalue weighted by Gasteiger charge is 1.93. The maximum Gasteiger partial charge on any atom is 0.207 e. The average molecular weight is 212 g/mol. The minimum Gasteiger partial charge on any atom is -0.359 e. The van der Waals surface area contributed by atoms with Crippen molar-refractivity contribution in [3.05, 3.63) is 34.9 Å². The predicted molar refractivity (Wildman–Crippen MR) is 58.5 cm³/mol. The van der Waals surface area contributed by atoms with E-state index in [4.69, 9.17) is 11.6 Å². The van der Waals surface area contributed by atoms with Gasteiger partial charge in [0.1, 0.15) is 0 Å². The molecular formula is C11H14ClNO. The van der Waals surface area contributed by atoms with E-state index >= 15 is 0 Å². The Kier molecular flexibility index (Phi) is 5.08. The monoisotopic (exact) mass is 211 g/mol. The van der Waals surface area contributed by atoms with Gasteiger partial charge in [0, 0.05) is 11.6 Å². The van der Waals surface area contributed by atoms with Crippen LogP contribution in [0.5, 0.6) is 0 Å². The molecule has 1 aromatic rings. The molecule has 0 bridgehead atoms. The van der Waals surface area contributed by atoms with Gasteiger partial charge >= 0.3 is 0 Å². The molecule has 2 nitrogen and oxygen atoms in total. The molecule has 0 saturated heterocycles. The van der Waals surface area contributed by atoms with Crippen molar-refractivity contribution in [2.45, 2.75) is 19.3 Å². The number of halogens is 1. The molecule has 14 heavy (non-hydrogen) atoms. The highest BCUT2D eigenvalue weighted by molar-refractivity contribution is 6.30. The predicted octanol–water partition coefficient (Wildman–Crippen LogP) is 2.41. The van der Waals surface area contributed by atoms with Gasteiger partial charge in [0.05, 0.1) is 0 Å². The van der Waals surface area contributed by atoms with E-state index in [1.165, 1.54) is 5.56 Å². The number of aryl methyl sites for hydroxylation is 1. The van der Waals surface area contributed by atoms with Gasteiger partial charge in [-0.3, -0.25) is 4.79 Å². The Hall–Kier alpha value is -1.02. The molecule has 0 spiro atoms. The number of rotatable bonds is 6. The lowest BCUT2D eigenvalue weighted by molar-refractivity contribution is -0.109. The summed E-state index contributed by atoms with van der Waals surface area (Å²) < 4.78 is 0. The summed E-state index contributed by atoms with van der Waals surface area (Å²) in [4.78, 5) is 9.95. The maximum atomic E-state index is 9.95. The molecule has 0 aliphatic heterocycles. The van der Waals surface area contributed by atoms with Crippen LogP contribution in [0, 0.1) is 0 Å². The van der Waals surface area contributed by atoms with E-state index in [1.807, 2.05) is 24.3 Å². The van der Waals surface area contributed by atoms with Crippen LogP contribution in [-0.4, -0.2) is 13.0 Å². The molecule has 0 atom stereocenters. The van der Waals surface area contributed by atoms with Gasteiger partial charge in [-0.2, -0.15) is 0 Å². The Morgan fingerprint density at radius 2 is 1.93 bits per heavy atom. The van der Waals surface area contributed by atoms with Crippen molar-refractivity contribution in [3.8, 4) is 0 Å². The summed E-state index contributed by atoms with van der Waals surface area (Å²) in [7, 11) is 0. The van der Waals surface area contributed by atoms with Crippen LogP contribution in [0.1, 0.15) is 18.4 Å². The van der Waals surface area contributed by atoms with E-state index in [1.54, 1.807) is 0 Å². The fourth-order valence-corrected chi connectivity index (χ4v) is 1.39. The van der Waals surface area contributed by atoms with Crippen LogP contribution in [0.2, 0.25) is 5.02 Å². The van der Waals surface area contributed by atoms with E-state index in [-0.39, 0.29) is 0 Å². The Morgan fingerprint density at radius 1 is 1.21 bits per heavy atom. The van der Waals surface area contributed by atoms with Crippen LogP contribution in [0.15, 0.2) is 24.3 Å². The van der Waals surface area contributed by atoms with E-state index in [0.717, 1.165) is 37.2 Å². The van der Waals surface area contributed by atoms with Crippen molar-refractivity contribution < 1.29 is 4.79 Å². The van der Waals surface area contributed by atoms with Crippen LogP contribution in [-0.2, 0) is 11.2 Å². The van der Waals surface area contributed by atoms with Gasteiger partial charge in [0.2, 0.25) is 6.41 Å². The van der Waals surface area contributed by atoms with Crippen molar-refractivity contribution in [2.24, 2.45) is 0 Å². The van der Waals surface area contributed by atoms with Crippen molar-refractivity contribution in [2.75, 3.05) is 6.54 Å². The lowest BCUT2D eigenvalue weighted by atomic mass is 10.1. The quantitative estimate of drug-likeness (QED) is 0.568. The van der Waals surface area contributed by atoms with E-state index in [2.05, 4.69) is 5.32 Å². The first-order valence-corrected chi connectivity index (χ1v) is 5.12. The molecule has 1 rings (SSSR count). The van der Waals surface area contributed by atoms with Gasteiger partial charge in [-0.25, -0.2) is 0 Å². The summed E-state index contributed by atoms with van der Waals surface area (Å²) in [5.74, 6) is 0. The molecule has 0 radical (unpaired) electrons. The third-order valence-electron chi connectivity index (χ3n) is 2.03. The minimum atomic E-state index is 0.738. The van der Waals surface area contributed by atoms with Gasteiger partial charge in [0.25, 0.3) is 0 Å². The number of nitrogens with one attached hydrogen (secondary N) is 1. The zero-order valence-corrected chi connectivity index (χ0v) is 8.76. The number of benzene rings is 1. The van der Waals surface area contributed by atoms with Crippen LogP contribution in [0.25, 0.3) is 0 Å². The van der Waals surface area contributed by atoms with Gasteiger partial charge in [-0.1, -0.05) is 23.7 Å². The molecule has 0 heterocycles. The fourth-order valence-electron chi connectivity index (χ4n) is 1.27.